The van der Waals surface area contributed by atoms with Gasteiger partial charge in [-0.2, -0.15) is 0 Å². The van der Waals surface area contributed by atoms with Gasteiger partial charge in [-0.05, 0) is 38.5 Å². The minimum Gasteiger partial charge on any atom is -0.367 e. The second kappa shape index (κ2) is 7.15. The lowest BCUT2D eigenvalue weighted by Gasteiger charge is -2.38. The summed E-state index contributed by atoms with van der Waals surface area (Å²) in [5, 5.41) is 0. The van der Waals surface area contributed by atoms with Crippen LogP contribution in [0.3, 0.4) is 0 Å². The molecule has 1 aliphatic rings. The molecule has 0 saturated heterocycles. The molecule has 2 unspecified atom stereocenters. The maximum Gasteiger partial charge on any atom is 0.164 e. The van der Waals surface area contributed by atoms with E-state index >= 15 is 0 Å². The van der Waals surface area contributed by atoms with Crippen LogP contribution in [0, 0.1) is 5.92 Å². The van der Waals surface area contributed by atoms with Crippen LogP contribution in [-0.4, -0.2) is 18.0 Å². The monoisotopic (exact) mass is 240 g/mol. The first-order chi connectivity index (χ1) is 8.14. The third-order valence-electron chi connectivity index (χ3n) is 3.89. The van der Waals surface area contributed by atoms with E-state index in [-0.39, 0.29) is 0 Å². The Morgan fingerprint density at radius 1 is 1.35 bits per heavy atom. The lowest BCUT2D eigenvalue weighted by Crippen LogP contribution is -2.45. The van der Waals surface area contributed by atoms with Crippen LogP contribution >= 0.6 is 0 Å². The van der Waals surface area contributed by atoms with E-state index in [0.717, 1.165) is 32.1 Å². The van der Waals surface area contributed by atoms with Crippen molar-refractivity contribution in [2.24, 2.45) is 5.92 Å². The molecule has 0 bridgehead atoms. The lowest BCUT2D eigenvalue weighted by atomic mass is 9.75. The summed E-state index contributed by atoms with van der Waals surface area (Å²) >= 11 is 0. The molecule has 1 rings (SSSR count). The van der Waals surface area contributed by atoms with Crippen LogP contribution in [0.5, 0.6) is 0 Å². The molecule has 1 aliphatic carbocycles. The van der Waals surface area contributed by atoms with Crippen LogP contribution in [-0.2, 0) is 9.53 Å². The van der Waals surface area contributed by atoms with E-state index in [4.69, 9.17) is 4.74 Å². The Morgan fingerprint density at radius 3 is 2.71 bits per heavy atom. The fraction of sp³-hybridized carbons (Fsp3) is 0.933. The summed E-state index contributed by atoms with van der Waals surface area (Å²) in [7, 11) is 0. The largest absolute Gasteiger partial charge is 0.367 e. The van der Waals surface area contributed by atoms with Crippen LogP contribution < -0.4 is 0 Å². The van der Waals surface area contributed by atoms with Gasteiger partial charge in [-0.3, -0.25) is 4.79 Å². The van der Waals surface area contributed by atoms with Crippen LogP contribution in [0.1, 0.15) is 72.1 Å². The Kier molecular flexibility index (Phi) is 6.18. The highest BCUT2D eigenvalue weighted by Crippen LogP contribution is 2.37. The highest BCUT2D eigenvalue weighted by molar-refractivity contribution is 5.87. The fourth-order valence-electron chi connectivity index (χ4n) is 3.01. The van der Waals surface area contributed by atoms with Crippen molar-refractivity contribution in [3.63, 3.8) is 0 Å². The van der Waals surface area contributed by atoms with E-state index in [2.05, 4.69) is 13.8 Å². The zero-order chi connectivity index (χ0) is 12.7. The smallest absolute Gasteiger partial charge is 0.164 e. The molecule has 1 fully saturated rings. The summed E-state index contributed by atoms with van der Waals surface area (Å²) in [6.45, 7) is 7.07. The van der Waals surface area contributed by atoms with Crippen molar-refractivity contribution >= 4 is 5.78 Å². The van der Waals surface area contributed by atoms with Gasteiger partial charge in [0.05, 0.1) is 0 Å². The van der Waals surface area contributed by atoms with Crippen molar-refractivity contribution in [1.82, 2.24) is 0 Å². The summed E-state index contributed by atoms with van der Waals surface area (Å²) in [5.74, 6) is 0.991. The first-order valence-electron chi connectivity index (χ1n) is 7.32. The number of unbranched alkanes of at least 4 members (excludes halogenated alkanes) is 2. The second-order valence-electron chi connectivity index (χ2n) is 5.51. The minimum absolute atomic E-state index is 0.361. The molecule has 2 heteroatoms. The van der Waals surface area contributed by atoms with Crippen LogP contribution in [0.15, 0.2) is 0 Å². The zero-order valence-corrected chi connectivity index (χ0v) is 11.8. The zero-order valence-electron chi connectivity index (χ0n) is 11.8. The molecule has 0 aliphatic heterocycles. The van der Waals surface area contributed by atoms with E-state index < -0.39 is 5.60 Å². The summed E-state index contributed by atoms with van der Waals surface area (Å²) in [6.07, 6.45) is 8.33. The highest BCUT2D eigenvalue weighted by atomic mass is 16.5. The molecule has 0 heterocycles. The number of carbonyl (C=O) groups is 1. The molecule has 1 saturated carbocycles. The molecule has 0 aromatic heterocycles. The van der Waals surface area contributed by atoms with E-state index in [9.17, 15) is 4.79 Å². The third-order valence-corrected chi connectivity index (χ3v) is 3.89. The molecular formula is C15H28O2. The van der Waals surface area contributed by atoms with Gasteiger partial charge in [0.2, 0.25) is 0 Å². The second-order valence-corrected chi connectivity index (χ2v) is 5.51. The van der Waals surface area contributed by atoms with Gasteiger partial charge < -0.3 is 4.74 Å². The molecule has 2 nitrogen and oxygen atoms in total. The van der Waals surface area contributed by atoms with E-state index in [0.29, 0.717) is 24.7 Å². The average Bonchev–Trinajstić information content (AvgIpc) is 2.29. The summed E-state index contributed by atoms with van der Waals surface area (Å²) < 4.78 is 5.88. The number of ether oxygens (including phenoxy) is 1. The molecular weight excluding hydrogens is 212 g/mol. The van der Waals surface area contributed by atoms with Crippen molar-refractivity contribution in [3.05, 3.63) is 0 Å². The Hall–Kier alpha value is -0.370. The Morgan fingerprint density at radius 2 is 2.12 bits per heavy atom. The first kappa shape index (κ1) is 14.7. The van der Waals surface area contributed by atoms with Crippen LogP contribution in [0.4, 0.5) is 0 Å². The van der Waals surface area contributed by atoms with Gasteiger partial charge >= 0.3 is 0 Å². The number of ketones is 1. The fourth-order valence-corrected chi connectivity index (χ4v) is 3.01. The quantitative estimate of drug-likeness (QED) is 0.626. The highest BCUT2D eigenvalue weighted by Gasteiger charge is 2.41. The molecule has 17 heavy (non-hydrogen) atoms. The van der Waals surface area contributed by atoms with Gasteiger partial charge in [0, 0.05) is 13.0 Å². The number of carbonyl (C=O) groups excluding carboxylic acids is 1. The number of Topliss-reactive ketones (excluding diaryl/α,β-unsaturated/α-hetero) is 1. The maximum absolute atomic E-state index is 12.4. The molecule has 0 spiro atoms. The van der Waals surface area contributed by atoms with Crippen molar-refractivity contribution in [3.8, 4) is 0 Å². The lowest BCUT2D eigenvalue weighted by molar-refractivity contribution is -0.151. The van der Waals surface area contributed by atoms with Crippen LogP contribution in [0.2, 0.25) is 0 Å². The topological polar surface area (TPSA) is 26.3 Å². The maximum atomic E-state index is 12.4. The van der Waals surface area contributed by atoms with Gasteiger partial charge in [0.15, 0.2) is 5.78 Å². The number of hydrogen-bond donors (Lipinski definition) is 0. The first-order valence-corrected chi connectivity index (χ1v) is 7.32. The predicted molar refractivity (Wildman–Crippen MR) is 71.1 cm³/mol. The van der Waals surface area contributed by atoms with Gasteiger partial charge in [-0.1, -0.05) is 33.1 Å². The molecule has 0 radical (unpaired) electrons. The molecule has 2 atom stereocenters. The normalized spacial score (nSPS) is 29.2. The number of rotatable bonds is 7. The van der Waals surface area contributed by atoms with E-state index in [1.165, 1.54) is 12.8 Å². The summed E-state index contributed by atoms with van der Waals surface area (Å²) in [4.78, 5) is 12.4. The molecule has 100 valence electrons. The van der Waals surface area contributed by atoms with Gasteiger partial charge in [0.25, 0.3) is 0 Å². The average molecular weight is 240 g/mol. The number of hydrogen-bond acceptors (Lipinski definition) is 2. The van der Waals surface area contributed by atoms with Gasteiger partial charge in [-0.25, -0.2) is 0 Å². The molecule has 0 amide bonds. The van der Waals surface area contributed by atoms with Crippen molar-refractivity contribution in [2.45, 2.75) is 77.7 Å². The van der Waals surface area contributed by atoms with E-state index in [1.807, 2.05) is 6.92 Å². The molecule has 0 aromatic carbocycles. The molecule has 0 aromatic rings. The van der Waals surface area contributed by atoms with Crippen LogP contribution in [0.25, 0.3) is 0 Å². The van der Waals surface area contributed by atoms with Gasteiger partial charge in [-0.15, -0.1) is 0 Å². The Labute approximate surface area is 106 Å². The Balaban J connectivity index is 2.59. The SMILES string of the molecule is CCCCCC(=O)C1(OCC)CCCC(C)C1. The van der Waals surface area contributed by atoms with Gasteiger partial charge in [0.1, 0.15) is 5.60 Å². The van der Waals surface area contributed by atoms with Crippen molar-refractivity contribution in [1.29, 1.82) is 0 Å². The van der Waals surface area contributed by atoms with E-state index in [1.54, 1.807) is 0 Å². The third kappa shape index (κ3) is 4.09. The molecule has 0 N–H and O–H groups in total. The summed E-state index contributed by atoms with van der Waals surface area (Å²) in [6, 6.07) is 0. The van der Waals surface area contributed by atoms with Crippen molar-refractivity contribution in [2.75, 3.05) is 6.61 Å². The summed E-state index contributed by atoms with van der Waals surface area (Å²) in [5.41, 5.74) is -0.430. The predicted octanol–water partition coefficient (Wildman–Crippen LogP) is 4.12. The standard InChI is InChI=1S/C15H28O2/c1-4-6-7-10-14(16)15(17-5-2)11-8-9-13(3)12-15/h13H,4-12H2,1-3H3. The Bertz CT molecular complexity index is 233. The van der Waals surface area contributed by atoms with Crippen molar-refractivity contribution < 1.29 is 9.53 Å². The minimum atomic E-state index is -0.430.